The molecular formula is C15H29NO2. The van der Waals surface area contributed by atoms with Crippen LogP contribution in [0.5, 0.6) is 0 Å². The number of nitrogens with zero attached hydrogens (tertiary/aromatic N) is 1. The fourth-order valence-corrected chi connectivity index (χ4v) is 2.79. The van der Waals surface area contributed by atoms with Gasteiger partial charge in [0.1, 0.15) is 0 Å². The van der Waals surface area contributed by atoms with E-state index in [2.05, 4.69) is 0 Å². The van der Waals surface area contributed by atoms with E-state index in [0.717, 1.165) is 0 Å². The molecule has 0 aromatic rings. The standard InChI is InChI=1S/C15H29NO2/c1-4-16(12-15(2,3)18)14(17)11-13-9-7-5-6-8-10-13/h13,18H,4-12H2,1-3H3. The molecule has 0 spiro atoms. The summed E-state index contributed by atoms with van der Waals surface area (Å²) in [4.78, 5) is 14.0. The van der Waals surface area contributed by atoms with Gasteiger partial charge in [0.25, 0.3) is 0 Å². The van der Waals surface area contributed by atoms with Gasteiger partial charge in [-0.2, -0.15) is 0 Å². The summed E-state index contributed by atoms with van der Waals surface area (Å²) in [5, 5.41) is 9.83. The number of carbonyl (C=O) groups excluding carboxylic acids is 1. The van der Waals surface area contributed by atoms with Gasteiger partial charge in [-0.25, -0.2) is 0 Å². The Morgan fingerprint density at radius 1 is 1.22 bits per heavy atom. The number of rotatable bonds is 5. The van der Waals surface area contributed by atoms with E-state index >= 15 is 0 Å². The van der Waals surface area contributed by atoms with Crippen LogP contribution in [-0.4, -0.2) is 34.6 Å². The van der Waals surface area contributed by atoms with Crippen molar-refractivity contribution in [2.24, 2.45) is 5.92 Å². The highest BCUT2D eigenvalue weighted by Crippen LogP contribution is 2.26. The lowest BCUT2D eigenvalue weighted by Crippen LogP contribution is -2.42. The molecule has 0 unspecified atom stereocenters. The fourth-order valence-electron chi connectivity index (χ4n) is 2.79. The van der Waals surface area contributed by atoms with Gasteiger partial charge in [0.2, 0.25) is 5.91 Å². The predicted octanol–water partition coefficient (Wildman–Crippen LogP) is 2.97. The minimum Gasteiger partial charge on any atom is -0.389 e. The van der Waals surface area contributed by atoms with Crippen molar-refractivity contribution < 1.29 is 9.90 Å². The molecule has 0 radical (unpaired) electrons. The van der Waals surface area contributed by atoms with Gasteiger partial charge in [0.05, 0.1) is 5.60 Å². The Morgan fingerprint density at radius 2 is 1.78 bits per heavy atom. The largest absolute Gasteiger partial charge is 0.389 e. The first-order chi connectivity index (χ1) is 8.42. The Morgan fingerprint density at radius 3 is 2.22 bits per heavy atom. The third kappa shape index (κ3) is 5.85. The fraction of sp³-hybridized carbons (Fsp3) is 0.933. The lowest BCUT2D eigenvalue weighted by molar-refractivity contribution is -0.135. The van der Waals surface area contributed by atoms with Crippen LogP contribution in [0.15, 0.2) is 0 Å². The van der Waals surface area contributed by atoms with Crippen LogP contribution in [0.3, 0.4) is 0 Å². The van der Waals surface area contributed by atoms with Gasteiger partial charge < -0.3 is 10.0 Å². The summed E-state index contributed by atoms with van der Waals surface area (Å²) in [7, 11) is 0. The van der Waals surface area contributed by atoms with Crippen LogP contribution in [-0.2, 0) is 4.79 Å². The monoisotopic (exact) mass is 255 g/mol. The summed E-state index contributed by atoms with van der Waals surface area (Å²) in [6.07, 6.45) is 8.27. The molecule has 0 atom stereocenters. The van der Waals surface area contributed by atoms with Gasteiger partial charge in [0, 0.05) is 19.5 Å². The van der Waals surface area contributed by atoms with Crippen molar-refractivity contribution in [3.63, 3.8) is 0 Å². The molecule has 1 amide bonds. The van der Waals surface area contributed by atoms with Crippen molar-refractivity contribution in [1.29, 1.82) is 0 Å². The molecule has 1 N–H and O–H groups in total. The lowest BCUT2D eigenvalue weighted by atomic mass is 9.95. The molecule has 1 saturated carbocycles. The molecule has 3 heteroatoms. The zero-order chi connectivity index (χ0) is 13.6. The normalized spacial score (nSPS) is 18.4. The number of hydrogen-bond acceptors (Lipinski definition) is 2. The Balaban J connectivity index is 2.45. The van der Waals surface area contributed by atoms with E-state index in [1.54, 1.807) is 18.7 Å². The Bertz CT molecular complexity index is 250. The van der Waals surface area contributed by atoms with Crippen LogP contribution in [0.1, 0.15) is 65.7 Å². The van der Waals surface area contributed by atoms with Crippen LogP contribution in [0, 0.1) is 5.92 Å². The van der Waals surface area contributed by atoms with Crippen molar-refractivity contribution in [3.8, 4) is 0 Å². The van der Waals surface area contributed by atoms with Gasteiger partial charge in [-0.15, -0.1) is 0 Å². The van der Waals surface area contributed by atoms with E-state index in [1.165, 1.54) is 38.5 Å². The first-order valence-corrected chi connectivity index (χ1v) is 7.42. The van der Waals surface area contributed by atoms with Crippen molar-refractivity contribution >= 4 is 5.91 Å². The van der Waals surface area contributed by atoms with Crippen LogP contribution in [0.2, 0.25) is 0 Å². The zero-order valence-corrected chi connectivity index (χ0v) is 12.2. The first-order valence-electron chi connectivity index (χ1n) is 7.42. The molecule has 0 aromatic carbocycles. The number of aliphatic hydroxyl groups is 1. The number of hydrogen-bond donors (Lipinski definition) is 1. The molecule has 106 valence electrons. The highest BCUT2D eigenvalue weighted by Gasteiger charge is 2.23. The van der Waals surface area contributed by atoms with Crippen molar-refractivity contribution in [3.05, 3.63) is 0 Å². The summed E-state index contributed by atoms with van der Waals surface area (Å²) < 4.78 is 0. The third-order valence-corrected chi connectivity index (χ3v) is 3.75. The summed E-state index contributed by atoms with van der Waals surface area (Å²) >= 11 is 0. The molecule has 18 heavy (non-hydrogen) atoms. The molecule has 0 aromatic heterocycles. The van der Waals surface area contributed by atoms with Gasteiger partial charge in [-0.1, -0.05) is 25.7 Å². The third-order valence-electron chi connectivity index (χ3n) is 3.75. The van der Waals surface area contributed by atoms with Crippen LogP contribution < -0.4 is 0 Å². The molecule has 0 bridgehead atoms. The number of carbonyl (C=O) groups is 1. The van der Waals surface area contributed by atoms with Crippen molar-refractivity contribution in [2.75, 3.05) is 13.1 Å². The molecule has 1 fully saturated rings. The second-order valence-electron chi connectivity index (χ2n) is 6.28. The van der Waals surface area contributed by atoms with E-state index in [4.69, 9.17) is 0 Å². The Hall–Kier alpha value is -0.570. The quantitative estimate of drug-likeness (QED) is 0.767. The molecular weight excluding hydrogens is 226 g/mol. The summed E-state index contributed by atoms with van der Waals surface area (Å²) in [5.74, 6) is 0.780. The molecule has 1 rings (SSSR count). The number of likely N-dealkylation sites (N-methyl/N-ethyl adjacent to an activating group) is 1. The Labute approximate surface area is 112 Å². The van der Waals surface area contributed by atoms with Gasteiger partial charge >= 0.3 is 0 Å². The summed E-state index contributed by atoms with van der Waals surface area (Å²) in [6.45, 7) is 6.63. The van der Waals surface area contributed by atoms with Gasteiger partial charge in [-0.3, -0.25) is 4.79 Å². The minimum absolute atomic E-state index is 0.214. The average molecular weight is 255 g/mol. The van der Waals surface area contributed by atoms with Gasteiger partial charge in [-0.05, 0) is 39.5 Å². The van der Waals surface area contributed by atoms with Gasteiger partial charge in [0.15, 0.2) is 0 Å². The summed E-state index contributed by atoms with van der Waals surface area (Å²) in [5.41, 5.74) is -0.797. The second-order valence-corrected chi connectivity index (χ2v) is 6.28. The van der Waals surface area contributed by atoms with E-state index in [-0.39, 0.29) is 5.91 Å². The second kappa shape index (κ2) is 7.13. The molecule has 1 aliphatic rings. The van der Waals surface area contributed by atoms with E-state index in [0.29, 0.717) is 25.4 Å². The van der Waals surface area contributed by atoms with Crippen molar-refractivity contribution in [2.45, 2.75) is 71.3 Å². The molecule has 3 nitrogen and oxygen atoms in total. The smallest absolute Gasteiger partial charge is 0.222 e. The van der Waals surface area contributed by atoms with Crippen LogP contribution in [0.25, 0.3) is 0 Å². The van der Waals surface area contributed by atoms with Crippen LogP contribution >= 0.6 is 0 Å². The number of amides is 1. The highest BCUT2D eigenvalue weighted by molar-refractivity contribution is 5.76. The molecule has 0 saturated heterocycles. The maximum absolute atomic E-state index is 12.2. The van der Waals surface area contributed by atoms with E-state index in [9.17, 15) is 9.90 Å². The van der Waals surface area contributed by atoms with Crippen molar-refractivity contribution in [1.82, 2.24) is 4.90 Å². The molecule has 0 aliphatic heterocycles. The predicted molar refractivity (Wildman–Crippen MR) is 74.4 cm³/mol. The first kappa shape index (κ1) is 15.5. The Kier molecular flexibility index (Phi) is 6.13. The van der Waals surface area contributed by atoms with Crippen LogP contribution in [0.4, 0.5) is 0 Å². The SMILES string of the molecule is CCN(CC(C)(C)O)C(=O)CC1CCCCCC1. The summed E-state index contributed by atoms with van der Waals surface area (Å²) in [6, 6.07) is 0. The molecule has 1 aliphatic carbocycles. The topological polar surface area (TPSA) is 40.5 Å². The lowest BCUT2D eigenvalue weighted by Gasteiger charge is -2.29. The van der Waals surface area contributed by atoms with E-state index < -0.39 is 5.60 Å². The zero-order valence-electron chi connectivity index (χ0n) is 12.2. The maximum Gasteiger partial charge on any atom is 0.222 e. The van der Waals surface area contributed by atoms with E-state index in [1.807, 2.05) is 6.92 Å². The molecule has 0 heterocycles. The average Bonchev–Trinajstić information content (AvgIpc) is 2.53. The minimum atomic E-state index is -0.797. The highest BCUT2D eigenvalue weighted by atomic mass is 16.3. The maximum atomic E-state index is 12.2.